The van der Waals surface area contributed by atoms with Gasteiger partial charge >= 0.3 is 0 Å². The van der Waals surface area contributed by atoms with Crippen LogP contribution >= 0.6 is 0 Å². The van der Waals surface area contributed by atoms with E-state index in [2.05, 4.69) is 20.1 Å². The van der Waals surface area contributed by atoms with Gasteiger partial charge in [-0.1, -0.05) is 39.3 Å². The molecule has 8 heteroatoms. The fraction of sp³-hybridized carbons (Fsp3) is 0.741. The Bertz CT molecular complexity index is 858. The summed E-state index contributed by atoms with van der Waals surface area (Å²) in [6.45, 7) is 16.5. The van der Waals surface area contributed by atoms with E-state index >= 15 is 0 Å². The molecule has 3 saturated heterocycles. The largest absolute Gasteiger partial charge is 0.394 e. The average molecular weight is 490 g/mol. The number of hydrogen-bond donors (Lipinski definition) is 1. The van der Waals surface area contributed by atoms with Crippen LogP contribution in [0.1, 0.15) is 53.4 Å². The lowest BCUT2D eigenvalue weighted by Gasteiger charge is -2.39. The fourth-order valence-electron chi connectivity index (χ4n) is 6.63. The predicted molar refractivity (Wildman–Crippen MR) is 134 cm³/mol. The van der Waals surface area contributed by atoms with E-state index in [1.807, 2.05) is 20.8 Å². The van der Waals surface area contributed by atoms with Crippen molar-refractivity contribution < 1.29 is 24.2 Å². The molecule has 35 heavy (non-hydrogen) atoms. The van der Waals surface area contributed by atoms with Crippen LogP contribution in [0.25, 0.3) is 0 Å². The summed E-state index contributed by atoms with van der Waals surface area (Å²) in [5.74, 6) is -2.12. The van der Waals surface area contributed by atoms with Crippen LogP contribution in [0, 0.1) is 17.8 Å². The molecule has 1 N–H and O–H groups in total. The first-order valence-corrected chi connectivity index (χ1v) is 13.0. The van der Waals surface area contributed by atoms with Crippen molar-refractivity contribution in [3.8, 4) is 0 Å². The van der Waals surface area contributed by atoms with E-state index in [-0.39, 0.29) is 30.2 Å². The molecule has 3 rings (SSSR count). The lowest BCUT2D eigenvalue weighted by molar-refractivity contribution is -0.157. The average Bonchev–Trinajstić information content (AvgIpc) is 3.34. The van der Waals surface area contributed by atoms with Gasteiger partial charge in [-0.3, -0.25) is 14.4 Å². The number of carbonyl (C=O) groups is 3. The molecule has 3 heterocycles. The summed E-state index contributed by atoms with van der Waals surface area (Å²) in [5.41, 5.74) is -1.96. The van der Waals surface area contributed by atoms with Crippen molar-refractivity contribution in [2.75, 3.05) is 33.3 Å². The number of rotatable bonds is 12. The lowest BCUT2D eigenvalue weighted by Crippen LogP contribution is -2.59. The normalized spacial score (nSPS) is 34.0. The smallest absolute Gasteiger partial charge is 0.248 e. The van der Waals surface area contributed by atoms with Crippen molar-refractivity contribution in [2.24, 2.45) is 17.8 Å². The molecule has 196 valence electrons. The van der Waals surface area contributed by atoms with Crippen LogP contribution in [0.3, 0.4) is 0 Å². The van der Waals surface area contributed by atoms with Crippen LogP contribution in [-0.4, -0.2) is 94.1 Å². The molecule has 0 aromatic carbocycles. The molecule has 0 aliphatic carbocycles. The number of aliphatic hydroxyl groups is 1. The minimum Gasteiger partial charge on any atom is -0.394 e. The Morgan fingerprint density at radius 1 is 1.26 bits per heavy atom. The van der Waals surface area contributed by atoms with Gasteiger partial charge in [0, 0.05) is 26.7 Å². The van der Waals surface area contributed by atoms with Crippen LogP contribution < -0.4 is 0 Å². The second-order valence-electron chi connectivity index (χ2n) is 10.6. The van der Waals surface area contributed by atoms with Crippen molar-refractivity contribution >= 4 is 17.7 Å². The van der Waals surface area contributed by atoms with E-state index < -0.39 is 35.1 Å². The highest BCUT2D eigenvalue weighted by Crippen LogP contribution is 2.65. The van der Waals surface area contributed by atoms with E-state index in [0.29, 0.717) is 32.5 Å². The minimum absolute atomic E-state index is 0.0226. The fourth-order valence-corrected chi connectivity index (χ4v) is 6.63. The third-order valence-corrected chi connectivity index (χ3v) is 8.55. The minimum atomic E-state index is -1.11. The molecule has 8 nitrogen and oxygen atoms in total. The van der Waals surface area contributed by atoms with Gasteiger partial charge in [0.1, 0.15) is 11.6 Å². The van der Waals surface area contributed by atoms with Gasteiger partial charge in [0.15, 0.2) is 0 Å². The van der Waals surface area contributed by atoms with Crippen molar-refractivity contribution in [3.63, 3.8) is 0 Å². The molecular formula is C27H43N3O5. The number of hydrogen-bond acceptors (Lipinski definition) is 5. The number of carbonyl (C=O) groups excluding carboxylic acids is 3. The third-order valence-electron chi connectivity index (χ3n) is 8.55. The number of likely N-dealkylation sites (N-methyl/N-ethyl adjacent to an activating group) is 1. The highest BCUT2D eigenvalue weighted by atomic mass is 16.5. The van der Waals surface area contributed by atoms with Gasteiger partial charge in [0.2, 0.25) is 17.7 Å². The maximum Gasteiger partial charge on any atom is 0.248 e. The Morgan fingerprint density at radius 3 is 2.46 bits per heavy atom. The summed E-state index contributed by atoms with van der Waals surface area (Å²) >= 11 is 0. The second-order valence-corrected chi connectivity index (χ2v) is 10.6. The lowest BCUT2D eigenvalue weighted by atomic mass is 9.62. The summed E-state index contributed by atoms with van der Waals surface area (Å²) in [7, 11) is 1.70. The summed E-state index contributed by atoms with van der Waals surface area (Å²) < 4.78 is 6.76. The maximum absolute atomic E-state index is 14.2. The molecule has 3 aliphatic heterocycles. The van der Waals surface area contributed by atoms with Crippen LogP contribution in [0.4, 0.5) is 0 Å². The monoisotopic (exact) mass is 489 g/mol. The number of nitrogens with zero attached hydrogens (tertiary/aromatic N) is 3. The highest BCUT2D eigenvalue weighted by molar-refractivity contribution is 5.99. The van der Waals surface area contributed by atoms with Gasteiger partial charge in [-0.2, -0.15) is 0 Å². The third kappa shape index (κ3) is 4.12. The zero-order chi connectivity index (χ0) is 26.1. The summed E-state index contributed by atoms with van der Waals surface area (Å²) in [5, 5.41) is 10.2. The van der Waals surface area contributed by atoms with Gasteiger partial charge in [-0.05, 0) is 32.1 Å². The number of amides is 3. The van der Waals surface area contributed by atoms with E-state index in [1.165, 1.54) is 0 Å². The molecule has 1 spiro atoms. The van der Waals surface area contributed by atoms with Gasteiger partial charge in [-0.15, -0.1) is 13.2 Å². The van der Waals surface area contributed by atoms with Crippen LogP contribution in [0.2, 0.25) is 0 Å². The first-order valence-electron chi connectivity index (χ1n) is 13.0. The molecular weight excluding hydrogens is 446 g/mol. The summed E-state index contributed by atoms with van der Waals surface area (Å²) in [6.07, 6.45) is 6.11. The van der Waals surface area contributed by atoms with E-state index in [4.69, 9.17) is 4.74 Å². The molecule has 2 bridgehead atoms. The Kier molecular flexibility index (Phi) is 8.16. The second kappa shape index (κ2) is 10.4. The van der Waals surface area contributed by atoms with Crippen molar-refractivity contribution in [1.29, 1.82) is 0 Å². The molecule has 3 unspecified atom stereocenters. The van der Waals surface area contributed by atoms with Gasteiger partial charge in [0.25, 0.3) is 0 Å². The van der Waals surface area contributed by atoms with E-state index in [0.717, 1.165) is 12.8 Å². The molecule has 0 radical (unpaired) electrons. The SMILES string of the molecule is C=CCN(C)C(=O)[C@@H]1[C@H]2C(=O)N([C@@H](CC)CO)C(C(=O)N(CC=C)CCCC)C23CC(C)[C@@]1(C)O3. The predicted octanol–water partition coefficient (Wildman–Crippen LogP) is 2.23. The van der Waals surface area contributed by atoms with Crippen LogP contribution in [-0.2, 0) is 19.1 Å². The quantitative estimate of drug-likeness (QED) is 0.425. The molecule has 3 aliphatic rings. The van der Waals surface area contributed by atoms with Gasteiger partial charge in [0.05, 0.1) is 30.1 Å². The van der Waals surface area contributed by atoms with Crippen molar-refractivity contribution in [3.05, 3.63) is 25.3 Å². The Morgan fingerprint density at radius 2 is 1.91 bits per heavy atom. The zero-order valence-corrected chi connectivity index (χ0v) is 22.0. The summed E-state index contributed by atoms with van der Waals surface area (Å²) in [4.78, 5) is 46.9. The molecule has 3 amide bonds. The Balaban J connectivity index is 2.15. The standard InChI is InChI=1S/C27H43N3O5/c1-8-12-15-29(14-10-3)25(34)22-27-16-18(5)26(6,35-27)20(23(32)28(7)13-9-2)21(27)24(33)30(22)19(11-4)17-31/h9-10,18-22,31H,2-3,8,11-17H2,1,4-7H3/t18?,19-,20-,21-,22?,26+,27?/m0/s1. The van der Waals surface area contributed by atoms with Crippen molar-refractivity contribution in [1.82, 2.24) is 14.7 Å². The number of likely N-dealkylation sites (tertiary alicyclic amines) is 1. The van der Waals surface area contributed by atoms with Crippen molar-refractivity contribution in [2.45, 2.75) is 76.7 Å². The molecule has 3 fully saturated rings. The Hall–Kier alpha value is -2.19. The highest BCUT2D eigenvalue weighted by Gasteiger charge is 2.80. The van der Waals surface area contributed by atoms with Gasteiger partial charge < -0.3 is 24.5 Å². The van der Waals surface area contributed by atoms with Gasteiger partial charge in [-0.25, -0.2) is 0 Å². The maximum atomic E-state index is 14.2. The van der Waals surface area contributed by atoms with Crippen LogP contribution in [0.15, 0.2) is 25.3 Å². The molecule has 0 aromatic rings. The van der Waals surface area contributed by atoms with E-state index in [9.17, 15) is 19.5 Å². The number of unbranched alkanes of at least 4 members (excludes halogenated alkanes) is 1. The van der Waals surface area contributed by atoms with Crippen LogP contribution in [0.5, 0.6) is 0 Å². The number of fused-ring (bicyclic) bond motifs is 1. The first-order chi connectivity index (χ1) is 16.6. The molecule has 0 saturated carbocycles. The topological polar surface area (TPSA) is 90.4 Å². The Labute approximate surface area is 210 Å². The number of aliphatic hydroxyl groups excluding tert-OH is 1. The zero-order valence-electron chi connectivity index (χ0n) is 22.0. The first kappa shape index (κ1) is 27.4. The number of ether oxygens (including phenoxy) is 1. The molecule has 0 aromatic heterocycles. The molecule has 7 atom stereocenters. The summed E-state index contributed by atoms with van der Waals surface area (Å²) in [6, 6.07) is -1.42. The van der Waals surface area contributed by atoms with E-state index in [1.54, 1.807) is 33.9 Å².